The number of aliphatic hydroxyl groups excluding tert-OH is 1. The highest BCUT2D eigenvalue weighted by Gasteiger charge is 2.35. The number of aromatic nitrogens is 2. The quantitative estimate of drug-likeness (QED) is 0.665. The van der Waals surface area contributed by atoms with E-state index >= 15 is 0 Å². The van der Waals surface area contributed by atoms with Crippen molar-refractivity contribution in [2.75, 3.05) is 6.54 Å². The van der Waals surface area contributed by atoms with E-state index in [1.807, 2.05) is 37.3 Å². The van der Waals surface area contributed by atoms with Crippen LogP contribution in [0.1, 0.15) is 30.7 Å². The monoisotopic (exact) mass is 373 g/mol. The van der Waals surface area contributed by atoms with E-state index in [1.165, 1.54) is 10.8 Å². The number of H-pyrrole nitrogens is 1. The molecule has 27 heavy (non-hydrogen) atoms. The number of nitrogens with one attached hydrogen (secondary N) is 2. The zero-order chi connectivity index (χ0) is 19.4. The van der Waals surface area contributed by atoms with Crippen LogP contribution < -0.4 is 16.6 Å². The third-order valence-corrected chi connectivity index (χ3v) is 4.64. The molecule has 8 heteroatoms. The molecule has 1 fully saturated rings. The molecule has 3 atom stereocenters. The fourth-order valence-electron chi connectivity index (χ4n) is 3.12. The molecule has 3 N–H and O–H groups in total. The molecular formula is C19H23N3O5. The van der Waals surface area contributed by atoms with Crippen LogP contribution in [0.2, 0.25) is 0 Å². The molecule has 2 heterocycles. The maximum Gasteiger partial charge on any atom is 0.330 e. The van der Waals surface area contributed by atoms with Crippen molar-refractivity contribution >= 4 is 5.91 Å². The molecule has 0 radical (unpaired) electrons. The van der Waals surface area contributed by atoms with Gasteiger partial charge in [-0.3, -0.25) is 19.1 Å². The molecule has 1 saturated heterocycles. The van der Waals surface area contributed by atoms with E-state index in [9.17, 15) is 19.5 Å². The van der Waals surface area contributed by atoms with E-state index in [2.05, 4.69) is 10.3 Å². The van der Waals surface area contributed by atoms with Gasteiger partial charge in [0, 0.05) is 24.7 Å². The fraction of sp³-hybridized carbons (Fsp3) is 0.421. The van der Waals surface area contributed by atoms with Gasteiger partial charge in [-0.25, -0.2) is 4.79 Å². The summed E-state index contributed by atoms with van der Waals surface area (Å²) >= 11 is 0. The van der Waals surface area contributed by atoms with Crippen LogP contribution in [0.5, 0.6) is 0 Å². The highest BCUT2D eigenvalue weighted by atomic mass is 16.5. The number of hydrogen-bond donors (Lipinski definition) is 3. The minimum Gasteiger partial charge on any atom is -0.390 e. The second-order valence-corrected chi connectivity index (χ2v) is 6.57. The molecule has 0 spiro atoms. The molecule has 1 amide bonds. The number of ether oxygens (including phenoxy) is 1. The maximum absolute atomic E-state index is 12.1. The number of aromatic amines is 1. The highest BCUT2D eigenvalue weighted by Crippen LogP contribution is 2.27. The minimum atomic E-state index is -0.823. The van der Waals surface area contributed by atoms with Gasteiger partial charge in [-0.1, -0.05) is 37.3 Å². The largest absolute Gasteiger partial charge is 0.390 e. The zero-order valence-electron chi connectivity index (χ0n) is 15.1. The lowest BCUT2D eigenvalue weighted by atomic mass is 10.1. The van der Waals surface area contributed by atoms with Gasteiger partial charge >= 0.3 is 5.69 Å². The Morgan fingerprint density at radius 2 is 2.07 bits per heavy atom. The molecule has 3 rings (SSSR count). The topological polar surface area (TPSA) is 113 Å². The van der Waals surface area contributed by atoms with Gasteiger partial charge in [-0.05, 0) is 12.0 Å². The first-order chi connectivity index (χ1) is 13.0. The number of amides is 1. The van der Waals surface area contributed by atoms with Crippen molar-refractivity contribution in [1.82, 2.24) is 14.9 Å². The van der Waals surface area contributed by atoms with Crippen molar-refractivity contribution in [2.24, 2.45) is 0 Å². The van der Waals surface area contributed by atoms with Gasteiger partial charge in [-0.2, -0.15) is 0 Å². The smallest absolute Gasteiger partial charge is 0.330 e. The zero-order valence-corrected chi connectivity index (χ0v) is 15.1. The first-order valence-corrected chi connectivity index (χ1v) is 8.96. The first-order valence-electron chi connectivity index (χ1n) is 8.96. The summed E-state index contributed by atoms with van der Waals surface area (Å²) in [5.74, 6) is -0.171. The Labute approximate surface area is 155 Å². The number of aryl methyl sites for hydroxylation is 1. The van der Waals surface area contributed by atoms with E-state index in [0.717, 1.165) is 5.56 Å². The lowest BCUT2D eigenvalue weighted by Gasteiger charge is -2.17. The van der Waals surface area contributed by atoms with Crippen LogP contribution in [0.4, 0.5) is 0 Å². The van der Waals surface area contributed by atoms with E-state index in [-0.39, 0.29) is 25.3 Å². The number of aliphatic hydroxyl groups is 1. The third kappa shape index (κ3) is 4.53. The summed E-state index contributed by atoms with van der Waals surface area (Å²) in [6.07, 6.45) is 0.250. The number of nitrogens with zero attached hydrogens (tertiary/aromatic N) is 1. The summed E-state index contributed by atoms with van der Waals surface area (Å²) in [6, 6.07) is 9.34. The Hall–Kier alpha value is -2.71. The van der Waals surface area contributed by atoms with E-state index in [1.54, 1.807) is 0 Å². The molecule has 0 unspecified atom stereocenters. The summed E-state index contributed by atoms with van der Waals surface area (Å²) in [5.41, 5.74) is 0.366. The molecule has 2 aromatic rings. The number of carbonyl (C=O) groups excluding carboxylic acids is 1. The molecule has 1 aliphatic heterocycles. The Morgan fingerprint density at radius 1 is 1.33 bits per heavy atom. The number of benzene rings is 1. The predicted molar refractivity (Wildman–Crippen MR) is 98.4 cm³/mol. The second-order valence-electron chi connectivity index (χ2n) is 6.57. The molecule has 0 saturated carbocycles. The summed E-state index contributed by atoms with van der Waals surface area (Å²) in [5, 5.41) is 13.0. The van der Waals surface area contributed by atoms with Crippen LogP contribution in [0, 0.1) is 0 Å². The number of hydrogen-bond acceptors (Lipinski definition) is 5. The van der Waals surface area contributed by atoms with Crippen molar-refractivity contribution in [3.05, 3.63) is 68.5 Å². The molecule has 144 valence electrons. The van der Waals surface area contributed by atoms with Crippen LogP contribution in [0.3, 0.4) is 0 Å². The van der Waals surface area contributed by atoms with Crippen molar-refractivity contribution in [3.8, 4) is 0 Å². The minimum absolute atomic E-state index is 0.141. The summed E-state index contributed by atoms with van der Waals surface area (Å²) < 4.78 is 7.04. The van der Waals surface area contributed by atoms with Gasteiger partial charge in [0.2, 0.25) is 5.91 Å². The van der Waals surface area contributed by atoms with Gasteiger partial charge < -0.3 is 15.2 Å². The average Bonchev–Trinajstić information content (AvgIpc) is 3.01. The molecule has 8 nitrogen and oxygen atoms in total. The number of carbonyl (C=O) groups is 1. The highest BCUT2D eigenvalue weighted by molar-refractivity contribution is 5.78. The lowest BCUT2D eigenvalue weighted by Crippen LogP contribution is -2.38. The maximum atomic E-state index is 12.1. The van der Waals surface area contributed by atoms with Crippen LogP contribution >= 0.6 is 0 Å². The SMILES string of the molecule is CCc1cn([C@H]2C[C@H](O)[C@@H](CNC(=O)Cc3ccccc3)O2)c(=O)[nH]c1=O. The van der Waals surface area contributed by atoms with E-state index in [4.69, 9.17) is 4.74 Å². The van der Waals surface area contributed by atoms with Gasteiger partial charge in [-0.15, -0.1) is 0 Å². The van der Waals surface area contributed by atoms with Gasteiger partial charge in [0.15, 0.2) is 0 Å². The normalized spacial score (nSPS) is 21.9. The summed E-state index contributed by atoms with van der Waals surface area (Å²) in [4.78, 5) is 38.1. The van der Waals surface area contributed by atoms with Crippen LogP contribution in [0.15, 0.2) is 46.1 Å². The van der Waals surface area contributed by atoms with Crippen molar-refractivity contribution < 1.29 is 14.6 Å². The molecule has 1 aliphatic rings. The Bertz CT molecular complexity index is 906. The van der Waals surface area contributed by atoms with Crippen LogP contribution in [0.25, 0.3) is 0 Å². The summed E-state index contributed by atoms with van der Waals surface area (Å²) in [7, 11) is 0. The van der Waals surface area contributed by atoms with Crippen LogP contribution in [-0.4, -0.2) is 39.3 Å². The molecule has 1 aromatic heterocycles. The first kappa shape index (κ1) is 19.1. The van der Waals surface area contributed by atoms with E-state index in [0.29, 0.717) is 12.0 Å². The van der Waals surface area contributed by atoms with Gasteiger partial charge in [0.25, 0.3) is 5.56 Å². The van der Waals surface area contributed by atoms with Crippen molar-refractivity contribution in [2.45, 2.75) is 44.6 Å². The van der Waals surface area contributed by atoms with Gasteiger partial charge in [0.05, 0.1) is 12.5 Å². The molecule has 1 aromatic carbocycles. The molecule has 0 aliphatic carbocycles. The lowest BCUT2D eigenvalue weighted by molar-refractivity contribution is -0.121. The Kier molecular flexibility index (Phi) is 5.88. The van der Waals surface area contributed by atoms with Gasteiger partial charge in [0.1, 0.15) is 12.3 Å². The Morgan fingerprint density at radius 3 is 2.78 bits per heavy atom. The van der Waals surface area contributed by atoms with E-state index < -0.39 is 29.7 Å². The third-order valence-electron chi connectivity index (χ3n) is 4.64. The van der Waals surface area contributed by atoms with Crippen molar-refractivity contribution in [1.29, 1.82) is 0 Å². The fourth-order valence-corrected chi connectivity index (χ4v) is 3.12. The second kappa shape index (κ2) is 8.32. The average molecular weight is 373 g/mol. The summed E-state index contributed by atoms with van der Waals surface area (Å²) in [6.45, 7) is 1.96. The van der Waals surface area contributed by atoms with Crippen LogP contribution in [-0.2, 0) is 22.4 Å². The number of rotatable bonds is 6. The predicted octanol–water partition coefficient (Wildman–Crippen LogP) is 0.106. The Balaban J connectivity index is 1.61. The standard InChI is InChI=1S/C19H23N3O5/c1-2-13-11-22(19(26)21-18(13)25)17-9-14(23)15(27-17)10-20-16(24)8-12-6-4-3-5-7-12/h3-7,11,14-15,17,23H,2,8-10H2,1H3,(H,20,24)(H,21,25,26)/t14-,15+,17+/m0/s1. The molecular weight excluding hydrogens is 350 g/mol. The molecule has 0 bridgehead atoms. The van der Waals surface area contributed by atoms with Crippen molar-refractivity contribution in [3.63, 3.8) is 0 Å².